The van der Waals surface area contributed by atoms with Gasteiger partial charge in [0, 0.05) is 66.7 Å². The second-order valence-electron chi connectivity index (χ2n) is 12.5. The molecule has 1 aliphatic heterocycles. The first-order chi connectivity index (χ1) is 20.3. The molecule has 1 saturated carbocycles. The highest BCUT2D eigenvalue weighted by Gasteiger charge is 2.32. The number of rotatable bonds is 11. The molecule has 1 unspecified atom stereocenters. The first-order valence-corrected chi connectivity index (χ1v) is 16.3. The minimum Gasteiger partial charge on any atom is -0.444 e. The predicted molar refractivity (Wildman–Crippen MR) is 183 cm³/mol. The van der Waals surface area contributed by atoms with Crippen molar-refractivity contribution in [2.75, 3.05) is 26.2 Å². The van der Waals surface area contributed by atoms with Gasteiger partial charge in [-0.3, -0.25) is 9.98 Å². The quantitative estimate of drug-likeness (QED) is 0.136. The maximum absolute atomic E-state index is 12.4. The molecule has 0 spiro atoms. The Morgan fingerprint density at radius 1 is 1.07 bits per heavy atom. The Labute approximate surface area is 263 Å². The summed E-state index contributed by atoms with van der Waals surface area (Å²) in [4.78, 5) is 25.9. The fourth-order valence-corrected chi connectivity index (χ4v) is 4.79. The van der Waals surface area contributed by atoms with Crippen molar-refractivity contribution < 1.29 is 9.53 Å². The van der Waals surface area contributed by atoms with Gasteiger partial charge >= 0.3 is 6.09 Å². The van der Waals surface area contributed by atoms with Crippen molar-refractivity contribution in [3.63, 3.8) is 0 Å². The molecule has 7 nitrogen and oxygen atoms in total. The molecular weight excluding hydrogens is 534 g/mol. The third-order valence-corrected chi connectivity index (χ3v) is 7.40. The molecule has 1 heterocycles. The van der Waals surface area contributed by atoms with Crippen LogP contribution in [-0.4, -0.2) is 65.1 Å². The van der Waals surface area contributed by atoms with E-state index < -0.39 is 5.60 Å². The Kier molecular flexibility index (Phi) is 16.9. The molecule has 1 aliphatic carbocycles. The topological polar surface area (TPSA) is 81.3 Å². The molecule has 240 valence electrons. The zero-order valence-electron chi connectivity index (χ0n) is 29.1. The lowest BCUT2D eigenvalue weighted by atomic mass is 9.95. The van der Waals surface area contributed by atoms with Crippen LogP contribution in [0.15, 0.2) is 56.8 Å². The van der Waals surface area contributed by atoms with Crippen molar-refractivity contribution in [3.8, 4) is 6.07 Å². The zero-order valence-corrected chi connectivity index (χ0v) is 29.1. The van der Waals surface area contributed by atoms with Gasteiger partial charge in [-0.05, 0) is 105 Å². The number of hydrogen-bond acceptors (Lipinski definition) is 6. The van der Waals surface area contributed by atoms with E-state index in [9.17, 15) is 4.79 Å². The number of aliphatic imine (C=N–C) groups is 2. The molecule has 0 aromatic rings. The van der Waals surface area contributed by atoms with Gasteiger partial charge in [-0.25, -0.2) is 4.79 Å². The summed E-state index contributed by atoms with van der Waals surface area (Å²) in [6.07, 6.45) is 14.5. The minimum absolute atomic E-state index is 0.214. The van der Waals surface area contributed by atoms with Crippen LogP contribution in [0.1, 0.15) is 115 Å². The molecule has 2 fully saturated rings. The minimum atomic E-state index is -0.456. The number of allylic oxidation sites excluding steroid dienone is 7. The number of ether oxygens (including phenoxy) is 1. The summed E-state index contributed by atoms with van der Waals surface area (Å²) in [7, 11) is 0. The zero-order chi connectivity index (χ0) is 32.6. The first kappa shape index (κ1) is 37.9. The molecule has 43 heavy (non-hydrogen) atoms. The number of carbonyl (C=O) groups is 1. The van der Waals surface area contributed by atoms with Crippen LogP contribution in [0.4, 0.5) is 4.79 Å². The molecule has 0 aromatic carbocycles. The highest BCUT2D eigenvalue weighted by Crippen LogP contribution is 2.41. The van der Waals surface area contributed by atoms with E-state index in [0.29, 0.717) is 25.0 Å². The fourth-order valence-electron chi connectivity index (χ4n) is 4.79. The Morgan fingerprint density at radius 2 is 1.67 bits per heavy atom. The van der Waals surface area contributed by atoms with Gasteiger partial charge < -0.3 is 14.5 Å². The maximum atomic E-state index is 12.4. The Hall–Kier alpha value is -3.14. The van der Waals surface area contributed by atoms with Gasteiger partial charge in [-0.1, -0.05) is 39.3 Å². The molecule has 1 amide bonds. The summed E-state index contributed by atoms with van der Waals surface area (Å²) in [5.41, 5.74) is 6.37. The van der Waals surface area contributed by atoms with E-state index in [0.717, 1.165) is 55.8 Å². The number of nitrogens with zero attached hydrogens (tertiary/aromatic N) is 5. The normalized spacial score (nSPS) is 18.6. The van der Waals surface area contributed by atoms with Gasteiger partial charge in [0.2, 0.25) is 0 Å². The van der Waals surface area contributed by atoms with Crippen LogP contribution in [-0.2, 0) is 4.74 Å². The molecule has 0 N–H and O–H groups in total. The predicted octanol–water partition coefficient (Wildman–Crippen LogP) is 9.05. The average molecular weight is 594 g/mol. The fraction of sp³-hybridized carbons (Fsp3) is 0.667. The molecule has 0 bridgehead atoms. The van der Waals surface area contributed by atoms with E-state index in [-0.39, 0.29) is 6.09 Å². The lowest BCUT2D eigenvalue weighted by Crippen LogP contribution is -2.49. The van der Waals surface area contributed by atoms with Crippen LogP contribution in [0.5, 0.6) is 0 Å². The monoisotopic (exact) mass is 593 g/mol. The number of carbonyl (C=O) groups excluding carboxylic acids is 1. The van der Waals surface area contributed by atoms with Gasteiger partial charge in [-0.15, -0.1) is 0 Å². The van der Waals surface area contributed by atoms with E-state index in [1.54, 1.807) is 0 Å². The molecule has 2 rings (SSSR count). The van der Waals surface area contributed by atoms with Gasteiger partial charge in [0.1, 0.15) is 5.60 Å². The number of nitriles is 1. The molecule has 7 heteroatoms. The Balaban J connectivity index is 0.000000557. The van der Waals surface area contributed by atoms with Gasteiger partial charge in [0.05, 0.1) is 6.07 Å². The number of piperazine rings is 1. The third-order valence-electron chi connectivity index (χ3n) is 7.40. The van der Waals surface area contributed by atoms with E-state index >= 15 is 0 Å². The lowest BCUT2D eigenvalue weighted by molar-refractivity contribution is 0.0168. The van der Waals surface area contributed by atoms with Crippen LogP contribution >= 0.6 is 0 Å². The standard InChI is InChI=1S/C24H39N3O2.C12H20N2/c1-8-10-13-25-18(3)22(21(9-2)20-11-12-20)19(4)26-14-16-27(17-15-26)23(28)29-24(5,6)7;1-5-7-12(8-10(3)9-13)14-11(4)6-2/h9-10,13,20H,8,11-12,14-17H2,1-7H3;8,11H,5-7H2,1-4H3/b13-10+,21-9-,22-19-,25-18+;10-8+,14-12?. The van der Waals surface area contributed by atoms with Crippen LogP contribution in [0, 0.1) is 17.2 Å². The molecule has 0 radical (unpaired) electrons. The van der Waals surface area contributed by atoms with E-state index in [2.05, 4.69) is 76.6 Å². The van der Waals surface area contributed by atoms with Gasteiger partial charge in [0.25, 0.3) is 0 Å². The van der Waals surface area contributed by atoms with Crippen molar-refractivity contribution in [2.45, 2.75) is 126 Å². The maximum Gasteiger partial charge on any atom is 0.410 e. The second kappa shape index (κ2) is 19.2. The van der Waals surface area contributed by atoms with Crippen molar-refractivity contribution in [1.29, 1.82) is 5.26 Å². The summed E-state index contributed by atoms with van der Waals surface area (Å²) < 4.78 is 5.53. The highest BCUT2D eigenvalue weighted by atomic mass is 16.6. The molecule has 0 aromatic heterocycles. The van der Waals surface area contributed by atoms with Gasteiger partial charge in [-0.2, -0.15) is 5.26 Å². The van der Waals surface area contributed by atoms with Crippen molar-refractivity contribution in [1.82, 2.24) is 9.80 Å². The van der Waals surface area contributed by atoms with Crippen LogP contribution in [0.3, 0.4) is 0 Å². The SMILES string of the molecule is CCCC(/C=C(\C)C#N)=NC(C)CC.C\C=C(C(/C(C)=N/C=C/CC)=C(/C)N1CCN(C(=O)OC(C)(C)C)CC1)\C1CC1. The summed E-state index contributed by atoms with van der Waals surface area (Å²) in [6.45, 7) is 25.5. The highest BCUT2D eigenvalue weighted by molar-refractivity contribution is 6.03. The summed E-state index contributed by atoms with van der Waals surface area (Å²) >= 11 is 0. The molecule has 2 aliphatic rings. The van der Waals surface area contributed by atoms with Crippen molar-refractivity contribution in [2.24, 2.45) is 15.9 Å². The third kappa shape index (κ3) is 14.3. The summed E-state index contributed by atoms with van der Waals surface area (Å²) in [6, 6.07) is 2.49. The van der Waals surface area contributed by atoms with Gasteiger partial charge in [0.15, 0.2) is 0 Å². The number of amides is 1. The van der Waals surface area contributed by atoms with Crippen LogP contribution in [0.25, 0.3) is 0 Å². The molecular formula is C36H59N5O2. The van der Waals surface area contributed by atoms with Crippen LogP contribution < -0.4 is 0 Å². The first-order valence-electron chi connectivity index (χ1n) is 16.3. The van der Waals surface area contributed by atoms with E-state index in [1.807, 2.05) is 44.9 Å². The van der Waals surface area contributed by atoms with Crippen molar-refractivity contribution >= 4 is 17.5 Å². The van der Waals surface area contributed by atoms with Crippen LogP contribution in [0.2, 0.25) is 0 Å². The Morgan fingerprint density at radius 3 is 2.14 bits per heavy atom. The Bertz CT molecular complexity index is 1120. The van der Waals surface area contributed by atoms with E-state index in [1.165, 1.54) is 29.7 Å². The molecule has 1 atom stereocenters. The average Bonchev–Trinajstić information content (AvgIpc) is 3.80. The second-order valence-corrected chi connectivity index (χ2v) is 12.5. The lowest BCUT2D eigenvalue weighted by Gasteiger charge is -2.38. The number of hydrogen-bond donors (Lipinski definition) is 0. The summed E-state index contributed by atoms with van der Waals surface area (Å²) in [5.74, 6) is 0.660. The van der Waals surface area contributed by atoms with Crippen molar-refractivity contribution in [3.05, 3.63) is 46.8 Å². The smallest absolute Gasteiger partial charge is 0.410 e. The largest absolute Gasteiger partial charge is 0.444 e. The summed E-state index contributed by atoms with van der Waals surface area (Å²) in [5, 5.41) is 8.67. The van der Waals surface area contributed by atoms with E-state index in [4.69, 9.17) is 15.0 Å². The molecule has 1 saturated heterocycles.